The standard InChI is InChI=1S/C12H17F3N2/c1-4-12(5-2,6-3)17-11-9(14)7-8(13)10(15)16-11/h7H,4-6H2,1-3H3,(H,16,17). The van der Waals surface area contributed by atoms with Gasteiger partial charge in [-0.15, -0.1) is 0 Å². The third kappa shape index (κ3) is 2.90. The van der Waals surface area contributed by atoms with Crippen molar-refractivity contribution < 1.29 is 13.2 Å². The van der Waals surface area contributed by atoms with E-state index >= 15 is 0 Å². The van der Waals surface area contributed by atoms with E-state index in [4.69, 9.17) is 0 Å². The predicted molar refractivity (Wildman–Crippen MR) is 61.3 cm³/mol. The first-order valence-corrected chi connectivity index (χ1v) is 5.77. The van der Waals surface area contributed by atoms with Crippen LogP contribution in [0.1, 0.15) is 40.0 Å². The average molecular weight is 246 g/mol. The molecule has 2 nitrogen and oxygen atoms in total. The van der Waals surface area contributed by atoms with Gasteiger partial charge in [0, 0.05) is 11.6 Å². The zero-order valence-corrected chi connectivity index (χ0v) is 10.3. The number of halogens is 3. The van der Waals surface area contributed by atoms with Gasteiger partial charge in [0.25, 0.3) is 5.95 Å². The van der Waals surface area contributed by atoms with Crippen molar-refractivity contribution in [3.63, 3.8) is 0 Å². The molecule has 1 aromatic heterocycles. The first-order chi connectivity index (χ1) is 7.98. The number of aromatic nitrogens is 1. The number of hydrogen-bond acceptors (Lipinski definition) is 2. The first-order valence-electron chi connectivity index (χ1n) is 5.77. The fourth-order valence-corrected chi connectivity index (χ4v) is 1.80. The Morgan fingerprint density at radius 2 is 1.59 bits per heavy atom. The van der Waals surface area contributed by atoms with Crippen molar-refractivity contribution in [1.82, 2.24) is 4.98 Å². The SMILES string of the molecule is CCC(CC)(CC)Nc1nc(F)c(F)cc1F. The van der Waals surface area contributed by atoms with Crippen LogP contribution in [0, 0.1) is 17.6 Å². The van der Waals surface area contributed by atoms with Gasteiger partial charge in [-0.3, -0.25) is 0 Å². The molecule has 0 aliphatic heterocycles. The Hall–Kier alpha value is -1.26. The van der Waals surface area contributed by atoms with Gasteiger partial charge in [-0.05, 0) is 19.3 Å². The first kappa shape index (κ1) is 13.8. The van der Waals surface area contributed by atoms with Crippen molar-refractivity contribution in [3.8, 4) is 0 Å². The Bertz CT molecular complexity index is 381. The van der Waals surface area contributed by atoms with Crippen molar-refractivity contribution in [3.05, 3.63) is 23.6 Å². The van der Waals surface area contributed by atoms with Crippen molar-refractivity contribution in [2.75, 3.05) is 5.32 Å². The van der Waals surface area contributed by atoms with Crippen LogP contribution in [0.2, 0.25) is 0 Å². The van der Waals surface area contributed by atoms with Crippen LogP contribution in [0.3, 0.4) is 0 Å². The largest absolute Gasteiger partial charge is 0.362 e. The Labute approximate surface area is 99.3 Å². The minimum Gasteiger partial charge on any atom is -0.362 e. The molecule has 0 bridgehead atoms. The van der Waals surface area contributed by atoms with Gasteiger partial charge in [0.1, 0.15) is 0 Å². The van der Waals surface area contributed by atoms with Crippen LogP contribution in [-0.2, 0) is 0 Å². The van der Waals surface area contributed by atoms with Gasteiger partial charge < -0.3 is 5.32 Å². The molecule has 1 N–H and O–H groups in total. The molecule has 0 aliphatic carbocycles. The molecule has 0 spiro atoms. The number of anilines is 1. The molecule has 0 aliphatic rings. The summed E-state index contributed by atoms with van der Waals surface area (Å²) in [5, 5.41) is 2.89. The maximum absolute atomic E-state index is 13.4. The minimum atomic E-state index is -1.29. The molecule has 96 valence electrons. The minimum absolute atomic E-state index is 0.227. The number of pyridine rings is 1. The van der Waals surface area contributed by atoms with E-state index in [1.807, 2.05) is 20.8 Å². The van der Waals surface area contributed by atoms with Crippen LogP contribution in [0.5, 0.6) is 0 Å². The summed E-state index contributed by atoms with van der Waals surface area (Å²) >= 11 is 0. The van der Waals surface area contributed by atoms with Gasteiger partial charge in [0.15, 0.2) is 17.5 Å². The zero-order valence-electron chi connectivity index (χ0n) is 10.3. The van der Waals surface area contributed by atoms with Gasteiger partial charge in [0.2, 0.25) is 0 Å². The van der Waals surface area contributed by atoms with Crippen molar-refractivity contribution in [1.29, 1.82) is 0 Å². The van der Waals surface area contributed by atoms with E-state index < -0.39 is 17.6 Å². The van der Waals surface area contributed by atoms with Gasteiger partial charge in [-0.25, -0.2) is 8.78 Å². The maximum atomic E-state index is 13.4. The van der Waals surface area contributed by atoms with Crippen LogP contribution in [0.15, 0.2) is 6.07 Å². The quantitative estimate of drug-likeness (QED) is 0.797. The summed E-state index contributed by atoms with van der Waals surface area (Å²) in [6, 6.07) is 0.510. The third-order valence-corrected chi connectivity index (χ3v) is 3.30. The molecule has 17 heavy (non-hydrogen) atoms. The number of hydrogen-bond donors (Lipinski definition) is 1. The molecule has 0 saturated heterocycles. The highest BCUT2D eigenvalue weighted by Gasteiger charge is 2.26. The average Bonchev–Trinajstić information content (AvgIpc) is 2.33. The fraction of sp³-hybridized carbons (Fsp3) is 0.583. The normalized spacial score (nSPS) is 11.6. The molecule has 0 fully saturated rings. The smallest absolute Gasteiger partial charge is 0.251 e. The summed E-state index contributed by atoms with van der Waals surface area (Å²) in [5.41, 5.74) is -0.335. The highest BCUT2D eigenvalue weighted by molar-refractivity contribution is 5.39. The van der Waals surface area contributed by atoms with Crippen molar-refractivity contribution >= 4 is 5.82 Å². The predicted octanol–water partition coefficient (Wildman–Crippen LogP) is 3.88. The van der Waals surface area contributed by atoms with E-state index in [0.717, 1.165) is 19.3 Å². The maximum Gasteiger partial charge on any atom is 0.251 e. The molecule has 5 heteroatoms. The monoisotopic (exact) mass is 246 g/mol. The summed E-state index contributed by atoms with van der Waals surface area (Å²) in [6.45, 7) is 5.87. The highest BCUT2D eigenvalue weighted by Crippen LogP contribution is 2.26. The second-order valence-corrected chi connectivity index (χ2v) is 4.06. The lowest BCUT2D eigenvalue weighted by molar-refractivity contribution is 0.410. The number of nitrogens with zero attached hydrogens (tertiary/aromatic N) is 1. The van der Waals surface area contributed by atoms with Crippen LogP contribution in [0.4, 0.5) is 19.0 Å². The van der Waals surface area contributed by atoms with Gasteiger partial charge in [0.05, 0.1) is 0 Å². The van der Waals surface area contributed by atoms with E-state index in [9.17, 15) is 13.2 Å². The topological polar surface area (TPSA) is 24.9 Å². The number of nitrogens with one attached hydrogen (secondary N) is 1. The number of rotatable bonds is 5. The molecule has 0 radical (unpaired) electrons. The molecule has 0 aromatic carbocycles. The van der Waals surface area contributed by atoms with Gasteiger partial charge in [-0.2, -0.15) is 9.37 Å². The van der Waals surface area contributed by atoms with E-state index in [-0.39, 0.29) is 11.4 Å². The van der Waals surface area contributed by atoms with Crippen LogP contribution in [-0.4, -0.2) is 10.5 Å². The highest BCUT2D eigenvalue weighted by atomic mass is 19.2. The lowest BCUT2D eigenvalue weighted by atomic mass is 9.90. The molecule has 1 rings (SSSR count). The van der Waals surface area contributed by atoms with Gasteiger partial charge in [-0.1, -0.05) is 20.8 Å². The van der Waals surface area contributed by atoms with Crippen molar-refractivity contribution in [2.24, 2.45) is 0 Å². The molecule has 0 atom stereocenters. The summed E-state index contributed by atoms with van der Waals surface area (Å²) in [7, 11) is 0. The molecule has 0 unspecified atom stereocenters. The second kappa shape index (κ2) is 5.38. The lowest BCUT2D eigenvalue weighted by Crippen LogP contribution is -2.37. The Kier molecular flexibility index (Phi) is 4.37. The summed E-state index contributed by atoms with van der Waals surface area (Å²) in [5.74, 6) is -3.66. The molecule has 0 saturated carbocycles. The van der Waals surface area contributed by atoms with E-state index in [2.05, 4.69) is 10.3 Å². The molecule has 0 amide bonds. The summed E-state index contributed by atoms with van der Waals surface area (Å²) in [6.07, 6.45) is 2.25. The lowest BCUT2D eigenvalue weighted by Gasteiger charge is -2.32. The summed E-state index contributed by atoms with van der Waals surface area (Å²) in [4.78, 5) is 3.27. The molecular weight excluding hydrogens is 229 g/mol. The van der Waals surface area contributed by atoms with Crippen molar-refractivity contribution in [2.45, 2.75) is 45.6 Å². The zero-order chi connectivity index (χ0) is 13.1. The Balaban J connectivity index is 3.05. The third-order valence-electron chi connectivity index (χ3n) is 3.30. The van der Waals surface area contributed by atoms with Crippen LogP contribution < -0.4 is 5.32 Å². The summed E-state index contributed by atoms with van der Waals surface area (Å²) < 4.78 is 39.1. The van der Waals surface area contributed by atoms with Crippen LogP contribution in [0.25, 0.3) is 0 Å². The van der Waals surface area contributed by atoms with Crippen LogP contribution >= 0.6 is 0 Å². The molecule has 1 aromatic rings. The van der Waals surface area contributed by atoms with Gasteiger partial charge >= 0.3 is 0 Å². The molecular formula is C12H17F3N2. The van der Waals surface area contributed by atoms with E-state index in [1.165, 1.54) is 0 Å². The van der Waals surface area contributed by atoms with E-state index in [1.54, 1.807) is 0 Å². The Morgan fingerprint density at radius 3 is 2.06 bits per heavy atom. The Morgan fingerprint density at radius 1 is 1.06 bits per heavy atom. The van der Waals surface area contributed by atoms with E-state index in [0.29, 0.717) is 6.07 Å². The molecule has 1 heterocycles. The second-order valence-electron chi connectivity index (χ2n) is 4.06. The fourth-order valence-electron chi connectivity index (χ4n) is 1.80.